The van der Waals surface area contributed by atoms with Crippen LogP contribution in [0.3, 0.4) is 0 Å². The summed E-state index contributed by atoms with van der Waals surface area (Å²) in [5.41, 5.74) is 3.93. The zero-order chi connectivity index (χ0) is 27.6. The van der Waals surface area contributed by atoms with Crippen LogP contribution in [-0.2, 0) is 20.9 Å². The van der Waals surface area contributed by atoms with E-state index in [-0.39, 0.29) is 23.4 Å². The molecule has 0 spiro atoms. The van der Waals surface area contributed by atoms with Crippen LogP contribution in [-0.4, -0.2) is 60.5 Å². The van der Waals surface area contributed by atoms with Gasteiger partial charge in [0.2, 0.25) is 5.91 Å². The van der Waals surface area contributed by atoms with Crippen molar-refractivity contribution in [2.75, 3.05) is 32.9 Å². The van der Waals surface area contributed by atoms with Gasteiger partial charge >= 0.3 is 0 Å². The average Bonchev–Trinajstić information content (AvgIpc) is 2.99. The summed E-state index contributed by atoms with van der Waals surface area (Å²) in [5.74, 6) is -1.14. The summed E-state index contributed by atoms with van der Waals surface area (Å²) in [7, 11) is 0. The van der Waals surface area contributed by atoms with Crippen LogP contribution in [0.25, 0.3) is 17.7 Å². The van der Waals surface area contributed by atoms with Crippen LogP contribution in [0, 0.1) is 5.82 Å². The Hall–Kier alpha value is -4.40. The van der Waals surface area contributed by atoms with Gasteiger partial charge < -0.3 is 20.1 Å². The molecule has 4 rings (SSSR count). The Labute approximate surface area is 226 Å². The molecular formula is C31H29FN2O5. The largest absolute Gasteiger partial charge is 0.388 e. The number of ketones is 1. The molecule has 0 bridgehead atoms. The van der Waals surface area contributed by atoms with Crippen molar-refractivity contribution >= 4 is 35.3 Å². The number of amides is 2. The molecule has 0 unspecified atom stereocenters. The highest BCUT2D eigenvalue weighted by Crippen LogP contribution is 2.22. The second-order valence-electron chi connectivity index (χ2n) is 8.97. The van der Waals surface area contributed by atoms with Gasteiger partial charge in [0.25, 0.3) is 5.91 Å². The van der Waals surface area contributed by atoms with Crippen LogP contribution >= 0.6 is 0 Å². The van der Waals surface area contributed by atoms with E-state index in [0.29, 0.717) is 49.5 Å². The normalized spacial score (nSPS) is 13.9. The number of ether oxygens (including phenoxy) is 1. The predicted octanol–water partition coefficient (Wildman–Crippen LogP) is 3.73. The zero-order valence-corrected chi connectivity index (χ0v) is 21.3. The third kappa shape index (κ3) is 7.80. The fourth-order valence-corrected chi connectivity index (χ4v) is 4.02. The van der Waals surface area contributed by atoms with Crippen molar-refractivity contribution in [3.8, 4) is 0 Å². The van der Waals surface area contributed by atoms with E-state index in [4.69, 9.17) is 9.84 Å². The fraction of sp³-hybridized carbons (Fsp3) is 0.194. The summed E-state index contributed by atoms with van der Waals surface area (Å²) in [6, 6.07) is 19.9. The first-order valence-corrected chi connectivity index (χ1v) is 12.6. The molecule has 1 heterocycles. The maximum atomic E-state index is 13.5. The molecule has 1 fully saturated rings. The summed E-state index contributed by atoms with van der Waals surface area (Å²) >= 11 is 0. The van der Waals surface area contributed by atoms with Crippen molar-refractivity contribution in [3.05, 3.63) is 113 Å². The van der Waals surface area contributed by atoms with Crippen molar-refractivity contribution in [3.63, 3.8) is 0 Å². The number of halogens is 1. The summed E-state index contributed by atoms with van der Waals surface area (Å²) in [4.78, 5) is 38.8. The standard InChI is InChI=1S/C31H29FN2O5/c32-27-12-10-25(11-13-27)28(31(38)34-15-17-39-18-16-34)19-23-3-1-22(2-4-23)7-14-30(37)33-20-24-5-8-26(9-6-24)29(36)21-35/h1-14,19,35H,15-18,20-21H2,(H,33,37)/b14-7+,28-19+. The Kier molecular flexibility index (Phi) is 9.50. The monoisotopic (exact) mass is 528 g/mol. The molecule has 1 aliphatic rings. The molecule has 7 nitrogen and oxygen atoms in total. The van der Waals surface area contributed by atoms with E-state index >= 15 is 0 Å². The quantitative estimate of drug-likeness (QED) is 0.251. The molecule has 2 N–H and O–H groups in total. The lowest BCUT2D eigenvalue weighted by Gasteiger charge is -2.28. The van der Waals surface area contributed by atoms with Gasteiger partial charge in [0, 0.05) is 36.8 Å². The first kappa shape index (κ1) is 27.6. The second-order valence-corrected chi connectivity index (χ2v) is 8.97. The Balaban J connectivity index is 1.41. The SMILES string of the molecule is O=C(/C=C/c1ccc(/C=C(/C(=O)N2CCOCC2)c2ccc(F)cc2)cc1)NCc1ccc(C(=O)CO)cc1. The Morgan fingerprint density at radius 3 is 2.13 bits per heavy atom. The lowest BCUT2D eigenvalue weighted by atomic mass is 10.0. The number of aliphatic hydroxyl groups excluding tert-OH is 1. The van der Waals surface area contributed by atoms with Gasteiger partial charge in [0.15, 0.2) is 5.78 Å². The highest BCUT2D eigenvalue weighted by Gasteiger charge is 2.22. The number of benzene rings is 3. The minimum Gasteiger partial charge on any atom is -0.388 e. The summed E-state index contributed by atoms with van der Waals surface area (Å²) < 4.78 is 18.9. The fourth-order valence-electron chi connectivity index (χ4n) is 4.02. The molecule has 2 amide bonds. The van der Waals surface area contributed by atoms with Gasteiger partial charge in [-0.2, -0.15) is 0 Å². The third-order valence-electron chi connectivity index (χ3n) is 6.24. The van der Waals surface area contributed by atoms with E-state index in [2.05, 4.69) is 5.32 Å². The van der Waals surface area contributed by atoms with Gasteiger partial charge in [0.05, 0.1) is 13.2 Å². The minimum absolute atomic E-state index is 0.139. The predicted molar refractivity (Wildman–Crippen MR) is 147 cm³/mol. The molecule has 0 saturated carbocycles. The summed E-state index contributed by atoms with van der Waals surface area (Å²) in [5, 5.41) is 11.7. The Morgan fingerprint density at radius 2 is 1.49 bits per heavy atom. The van der Waals surface area contributed by atoms with Gasteiger partial charge in [-0.3, -0.25) is 14.4 Å². The van der Waals surface area contributed by atoms with Gasteiger partial charge in [-0.25, -0.2) is 4.39 Å². The first-order valence-electron chi connectivity index (χ1n) is 12.6. The van der Waals surface area contributed by atoms with E-state index in [1.54, 1.807) is 53.5 Å². The van der Waals surface area contributed by atoms with Crippen LogP contribution in [0.4, 0.5) is 4.39 Å². The number of carbonyl (C=O) groups is 3. The zero-order valence-electron chi connectivity index (χ0n) is 21.3. The van der Waals surface area contributed by atoms with Gasteiger partial charge in [0.1, 0.15) is 12.4 Å². The number of carbonyl (C=O) groups excluding carboxylic acids is 3. The van der Waals surface area contributed by atoms with Crippen molar-refractivity contribution in [2.24, 2.45) is 0 Å². The number of hydrogen-bond acceptors (Lipinski definition) is 5. The second kappa shape index (κ2) is 13.4. The molecule has 200 valence electrons. The van der Waals surface area contributed by atoms with Crippen LogP contribution in [0.5, 0.6) is 0 Å². The van der Waals surface area contributed by atoms with E-state index < -0.39 is 6.61 Å². The number of nitrogens with one attached hydrogen (secondary N) is 1. The van der Waals surface area contributed by atoms with Crippen LogP contribution in [0.2, 0.25) is 0 Å². The highest BCUT2D eigenvalue weighted by molar-refractivity contribution is 6.24. The molecule has 3 aromatic rings. The molecule has 39 heavy (non-hydrogen) atoms. The molecule has 3 aromatic carbocycles. The number of hydrogen-bond donors (Lipinski definition) is 2. The third-order valence-corrected chi connectivity index (χ3v) is 6.24. The number of rotatable bonds is 9. The minimum atomic E-state index is -0.542. The topological polar surface area (TPSA) is 95.9 Å². The highest BCUT2D eigenvalue weighted by atomic mass is 19.1. The molecule has 1 saturated heterocycles. The number of aliphatic hydroxyl groups is 1. The van der Waals surface area contributed by atoms with Crippen molar-refractivity contribution in [2.45, 2.75) is 6.54 Å². The van der Waals surface area contributed by atoms with Gasteiger partial charge in [-0.05, 0) is 46.5 Å². The number of nitrogens with zero attached hydrogens (tertiary/aromatic N) is 1. The maximum Gasteiger partial charge on any atom is 0.254 e. The van der Waals surface area contributed by atoms with E-state index in [1.165, 1.54) is 18.2 Å². The Morgan fingerprint density at radius 1 is 0.872 bits per heavy atom. The van der Waals surface area contributed by atoms with Gasteiger partial charge in [-0.15, -0.1) is 0 Å². The van der Waals surface area contributed by atoms with E-state index in [1.807, 2.05) is 24.3 Å². The van der Waals surface area contributed by atoms with Crippen LogP contribution < -0.4 is 5.32 Å². The molecule has 0 radical (unpaired) electrons. The van der Waals surface area contributed by atoms with Crippen molar-refractivity contribution in [1.82, 2.24) is 10.2 Å². The molecule has 0 aliphatic carbocycles. The van der Waals surface area contributed by atoms with Crippen molar-refractivity contribution < 1.29 is 28.6 Å². The molecule has 1 aliphatic heterocycles. The van der Waals surface area contributed by atoms with Gasteiger partial charge in [-0.1, -0.05) is 60.7 Å². The van der Waals surface area contributed by atoms with E-state index in [0.717, 1.165) is 16.7 Å². The summed E-state index contributed by atoms with van der Waals surface area (Å²) in [6.45, 7) is 1.71. The smallest absolute Gasteiger partial charge is 0.254 e. The lowest BCUT2D eigenvalue weighted by Crippen LogP contribution is -2.41. The number of Topliss-reactive ketones (excluding diaryl/α,β-unsaturated/α-hetero) is 1. The number of morpholine rings is 1. The molecular weight excluding hydrogens is 499 g/mol. The Bertz CT molecular complexity index is 1360. The molecule has 0 atom stereocenters. The molecule has 8 heteroatoms. The van der Waals surface area contributed by atoms with Crippen LogP contribution in [0.1, 0.15) is 32.6 Å². The average molecular weight is 529 g/mol. The van der Waals surface area contributed by atoms with E-state index in [9.17, 15) is 18.8 Å². The first-order chi connectivity index (χ1) is 18.9. The van der Waals surface area contributed by atoms with Crippen LogP contribution in [0.15, 0.2) is 78.9 Å². The maximum absolute atomic E-state index is 13.5. The lowest BCUT2D eigenvalue weighted by molar-refractivity contribution is -0.128. The summed E-state index contributed by atoms with van der Waals surface area (Å²) in [6.07, 6.45) is 4.90. The van der Waals surface area contributed by atoms with Crippen molar-refractivity contribution in [1.29, 1.82) is 0 Å². The molecule has 0 aromatic heterocycles.